The Balaban J connectivity index is 1.58. The monoisotopic (exact) mass is 485 g/mol. The first-order chi connectivity index (χ1) is 16.3. The summed E-state index contributed by atoms with van der Waals surface area (Å²) in [7, 11) is 1.56. The predicted octanol–water partition coefficient (Wildman–Crippen LogP) is 5.95. The van der Waals surface area contributed by atoms with Gasteiger partial charge in [0.2, 0.25) is 5.95 Å². The van der Waals surface area contributed by atoms with Crippen LogP contribution < -0.4 is 19.9 Å². The molecule has 11 heteroatoms. The minimum atomic E-state index is -4.43. The first kappa shape index (κ1) is 22.0. The lowest BCUT2D eigenvalue weighted by atomic mass is 10.1. The molecule has 1 aliphatic heterocycles. The molecular weight excluding hydrogens is 467 g/mol. The number of benzene rings is 2. The smallest absolute Gasteiger partial charge is 0.405 e. The molecule has 0 aliphatic carbocycles. The van der Waals surface area contributed by atoms with Crippen molar-refractivity contribution in [3.05, 3.63) is 65.7 Å². The van der Waals surface area contributed by atoms with Crippen LogP contribution in [0.15, 0.2) is 60.1 Å². The number of nitrogens with zero attached hydrogens (tertiary/aromatic N) is 4. The van der Waals surface area contributed by atoms with E-state index >= 15 is 0 Å². The molecule has 1 N–H and O–H groups in total. The summed E-state index contributed by atoms with van der Waals surface area (Å²) in [6.07, 6.45) is -2.98. The number of fused-ring (bicyclic) bond motifs is 2. The van der Waals surface area contributed by atoms with Crippen LogP contribution >= 0.6 is 11.3 Å². The Labute approximate surface area is 196 Å². The van der Waals surface area contributed by atoms with Gasteiger partial charge in [-0.15, -0.1) is 11.3 Å². The number of rotatable bonds is 5. The van der Waals surface area contributed by atoms with Gasteiger partial charge in [-0.3, -0.25) is 4.90 Å². The maximum atomic E-state index is 13.7. The van der Waals surface area contributed by atoms with Crippen molar-refractivity contribution in [1.82, 2.24) is 9.97 Å². The van der Waals surface area contributed by atoms with Crippen LogP contribution in [0.5, 0.6) is 5.75 Å². The maximum absolute atomic E-state index is 13.7. The molecule has 3 heterocycles. The minimum absolute atomic E-state index is 0.164. The zero-order chi connectivity index (χ0) is 23.9. The van der Waals surface area contributed by atoms with Crippen molar-refractivity contribution in [2.24, 2.45) is 0 Å². The lowest BCUT2D eigenvalue weighted by molar-refractivity contribution is -0.115. The van der Waals surface area contributed by atoms with Gasteiger partial charge < -0.3 is 10.1 Å². The molecule has 7 nitrogen and oxygen atoms in total. The third kappa shape index (κ3) is 4.21. The van der Waals surface area contributed by atoms with Crippen LogP contribution in [0.3, 0.4) is 0 Å². The summed E-state index contributed by atoms with van der Waals surface area (Å²) >= 11 is 1.57. The van der Waals surface area contributed by atoms with Gasteiger partial charge in [-0.2, -0.15) is 18.2 Å². The SMILES string of the molecule is COc1ccc(N2Cc3cnc(NCC(F)(F)F)nc3N(c3ccc4sccc4c3)C2=O)cc1. The van der Waals surface area contributed by atoms with Crippen LogP contribution in [0, 0.1) is 0 Å². The van der Waals surface area contributed by atoms with Crippen LogP contribution in [0.25, 0.3) is 10.1 Å². The lowest BCUT2D eigenvalue weighted by Gasteiger charge is -2.36. The average molecular weight is 485 g/mol. The predicted molar refractivity (Wildman–Crippen MR) is 125 cm³/mol. The number of urea groups is 1. The molecule has 0 bridgehead atoms. The maximum Gasteiger partial charge on any atom is 0.405 e. The van der Waals surface area contributed by atoms with Gasteiger partial charge >= 0.3 is 12.2 Å². The van der Waals surface area contributed by atoms with Gasteiger partial charge in [-0.1, -0.05) is 0 Å². The highest BCUT2D eigenvalue weighted by Gasteiger charge is 2.35. The normalized spacial score (nSPS) is 13.8. The molecule has 2 aromatic heterocycles. The first-order valence-corrected chi connectivity index (χ1v) is 11.1. The van der Waals surface area contributed by atoms with E-state index in [-0.39, 0.29) is 24.3 Å². The largest absolute Gasteiger partial charge is 0.497 e. The number of ether oxygens (including phenoxy) is 1. The molecule has 0 saturated carbocycles. The molecule has 2 amide bonds. The van der Waals surface area contributed by atoms with Crippen LogP contribution in [-0.2, 0) is 6.54 Å². The molecular formula is C23H18F3N5O2S. The van der Waals surface area contributed by atoms with E-state index in [1.165, 1.54) is 11.1 Å². The Hall–Kier alpha value is -3.86. The number of anilines is 4. The fourth-order valence-electron chi connectivity index (χ4n) is 3.71. The van der Waals surface area contributed by atoms with Gasteiger partial charge in [-0.25, -0.2) is 14.7 Å². The number of amides is 2. The summed E-state index contributed by atoms with van der Waals surface area (Å²) in [5.74, 6) is 0.685. The zero-order valence-electron chi connectivity index (χ0n) is 17.8. The van der Waals surface area contributed by atoms with Gasteiger partial charge in [0.05, 0.1) is 19.3 Å². The number of hydrogen-bond donors (Lipinski definition) is 1. The van der Waals surface area contributed by atoms with Crippen LogP contribution in [0.4, 0.5) is 41.1 Å². The van der Waals surface area contributed by atoms with Crippen LogP contribution in [0.2, 0.25) is 0 Å². The number of alkyl halides is 3. The molecule has 0 saturated heterocycles. The van der Waals surface area contributed by atoms with E-state index < -0.39 is 12.7 Å². The number of carbonyl (C=O) groups is 1. The van der Waals surface area contributed by atoms with E-state index in [4.69, 9.17) is 4.74 Å². The fraction of sp³-hybridized carbons (Fsp3) is 0.174. The zero-order valence-corrected chi connectivity index (χ0v) is 18.7. The minimum Gasteiger partial charge on any atom is -0.497 e. The Morgan fingerprint density at radius 3 is 2.62 bits per heavy atom. The van der Waals surface area contributed by atoms with Crippen molar-refractivity contribution in [2.45, 2.75) is 12.7 Å². The topological polar surface area (TPSA) is 70.6 Å². The van der Waals surface area contributed by atoms with Gasteiger partial charge in [0.15, 0.2) is 5.82 Å². The number of methoxy groups -OCH3 is 1. The Bertz CT molecular complexity index is 1360. The van der Waals surface area contributed by atoms with Crippen molar-refractivity contribution < 1.29 is 22.7 Å². The molecule has 34 heavy (non-hydrogen) atoms. The van der Waals surface area contributed by atoms with Crippen molar-refractivity contribution >= 4 is 50.6 Å². The van der Waals surface area contributed by atoms with Gasteiger partial charge in [0, 0.05) is 22.1 Å². The number of hydrogen-bond acceptors (Lipinski definition) is 6. The van der Waals surface area contributed by atoms with E-state index in [2.05, 4.69) is 15.3 Å². The summed E-state index contributed by atoms with van der Waals surface area (Å²) in [5, 5.41) is 5.09. The number of aromatic nitrogens is 2. The quantitative estimate of drug-likeness (QED) is 0.378. The first-order valence-electron chi connectivity index (χ1n) is 10.2. The lowest BCUT2D eigenvalue weighted by Crippen LogP contribution is -2.45. The highest BCUT2D eigenvalue weighted by atomic mass is 32.1. The summed E-state index contributed by atoms with van der Waals surface area (Å²) in [6.45, 7) is -1.12. The molecule has 0 atom stereocenters. The Morgan fingerprint density at radius 2 is 1.88 bits per heavy atom. The van der Waals surface area contributed by atoms with E-state index in [0.717, 1.165) is 10.1 Å². The van der Waals surface area contributed by atoms with Gasteiger partial charge in [-0.05, 0) is 59.3 Å². The highest BCUT2D eigenvalue weighted by molar-refractivity contribution is 7.17. The van der Waals surface area contributed by atoms with Crippen molar-refractivity contribution in [3.8, 4) is 5.75 Å². The van der Waals surface area contributed by atoms with Crippen LogP contribution in [0.1, 0.15) is 5.56 Å². The second-order valence-corrected chi connectivity index (χ2v) is 8.50. The molecule has 174 valence electrons. The molecule has 0 radical (unpaired) electrons. The van der Waals surface area contributed by atoms with Crippen molar-refractivity contribution in [1.29, 1.82) is 0 Å². The second kappa shape index (κ2) is 8.49. The Morgan fingerprint density at radius 1 is 1.12 bits per heavy atom. The molecule has 0 unspecified atom stereocenters. The van der Waals surface area contributed by atoms with Crippen molar-refractivity contribution in [3.63, 3.8) is 0 Å². The van der Waals surface area contributed by atoms with Crippen molar-refractivity contribution in [2.75, 3.05) is 28.8 Å². The molecule has 5 rings (SSSR count). The third-order valence-electron chi connectivity index (χ3n) is 5.33. The molecule has 0 spiro atoms. The van der Waals surface area contributed by atoms with Gasteiger partial charge in [0.25, 0.3) is 0 Å². The number of thiophene rings is 1. The summed E-state index contributed by atoms with van der Waals surface area (Å²) in [4.78, 5) is 25.0. The van der Waals surface area contributed by atoms with E-state index in [0.29, 0.717) is 22.7 Å². The summed E-state index contributed by atoms with van der Waals surface area (Å²) < 4.78 is 44.3. The number of halogens is 3. The van der Waals surface area contributed by atoms with Gasteiger partial charge in [0.1, 0.15) is 12.3 Å². The van der Waals surface area contributed by atoms with E-state index in [1.807, 2.05) is 23.6 Å². The standard InChI is InChI=1S/C23H18F3N5O2S/c1-33-18-5-2-16(3-6-18)30-12-15-11-27-21(28-13-23(24,25)26)29-20(15)31(22(30)32)17-4-7-19-14(10-17)8-9-34-19/h2-11H,12-13H2,1H3,(H,27,28,29). The molecule has 2 aromatic carbocycles. The number of nitrogens with one attached hydrogen (secondary N) is 1. The summed E-state index contributed by atoms with van der Waals surface area (Å²) in [6, 6.07) is 14.1. The third-order valence-corrected chi connectivity index (χ3v) is 6.23. The second-order valence-electron chi connectivity index (χ2n) is 7.56. The Kier molecular flexibility index (Phi) is 5.48. The highest BCUT2D eigenvalue weighted by Crippen LogP contribution is 2.38. The number of carbonyl (C=O) groups excluding carboxylic acids is 1. The summed E-state index contributed by atoms with van der Waals surface area (Å²) in [5.41, 5.74) is 1.78. The van der Waals surface area contributed by atoms with E-state index in [9.17, 15) is 18.0 Å². The molecule has 0 fully saturated rings. The average Bonchev–Trinajstić information content (AvgIpc) is 3.30. The van der Waals surface area contributed by atoms with Crippen LogP contribution in [-0.4, -0.2) is 35.8 Å². The van der Waals surface area contributed by atoms with E-state index in [1.54, 1.807) is 53.7 Å². The fourth-order valence-corrected chi connectivity index (χ4v) is 4.48. The molecule has 1 aliphatic rings. The molecule has 4 aromatic rings.